The van der Waals surface area contributed by atoms with Crippen molar-refractivity contribution < 1.29 is 9.15 Å². The summed E-state index contributed by atoms with van der Waals surface area (Å²) in [6.07, 6.45) is 6.78. The Bertz CT molecular complexity index is 740. The molecule has 1 aromatic heterocycles. The SMILES string of the molecule is C/C=C(/CN(C)CC1CC1)c1occ(COc2ccccc2C)c1C. The highest BCUT2D eigenvalue weighted by Gasteiger charge is 2.24. The van der Waals surface area contributed by atoms with Crippen molar-refractivity contribution in [3.8, 4) is 5.75 Å². The van der Waals surface area contributed by atoms with Crippen LogP contribution in [0.2, 0.25) is 0 Å². The van der Waals surface area contributed by atoms with Gasteiger partial charge in [-0.3, -0.25) is 0 Å². The molecule has 0 bridgehead atoms. The van der Waals surface area contributed by atoms with Crippen LogP contribution in [0, 0.1) is 19.8 Å². The van der Waals surface area contributed by atoms with Crippen molar-refractivity contribution in [2.24, 2.45) is 5.92 Å². The maximum Gasteiger partial charge on any atom is 0.134 e. The Morgan fingerprint density at radius 3 is 2.72 bits per heavy atom. The summed E-state index contributed by atoms with van der Waals surface area (Å²) in [6.45, 7) is 8.93. The molecule has 3 nitrogen and oxygen atoms in total. The van der Waals surface area contributed by atoms with Gasteiger partial charge in [-0.1, -0.05) is 24.3 Å². The van der Waals surface area contributed by atoms with E-state index in [4.69, 9.17) is 9.15 Å². The van der Waals surface area contributed by atoms with E-state index in [1.165, 1.54) is 30.5 Å². The number of ether oxygens (including phenoxy) is 1. The molecule has 0 N–H and O–H groups in total. The summed E-state index contributed by atoms with van der Waals surface area (Å²) < 4.78 is 11.9. The molecule has 3 heteroatoms. The van der Waals surface area contributed by atoms with Crippen molar-refractivity contribution in [3.63, 3.8) is 0 Å². The number of nitrogens with zero attached hydrogens (tertiary/aromatic N) is 1. The Morgan fingerprint density at radius 2 is 2.04 bits per heavy atom. The number of para-hydroxylation sites is 1. The monoisotopic (exact) mass is 339 g/mol. The molecule has 0 aliphatic heterocycles. The number of furan rings is 1. The lowest BCUT2D eigenvalue weighted by molar-refractivity contribution is 0.302. The number of aryl methyl sites for hydroxylation is 1. The average Bonchev–Trinajstić information content (AvgIpc) is 3.34. The van der Waals surface area contributed by atoms with Gasteiger partial charge in [0.15, 0.2) is 0 Å². The normalized spacial score (nSPS) is 15.0. The largest absolute Gasteiger partial charge is 0.489 e. The molecule has 1 aliphatic carbocycles. The number of benzene rings is 1. The molecule has 0 saturated heterocycles. The lowest BCUT2D eigenvalue weighted by atomic mass is 10.1. The van der Waals surface area contributed by atoms with Crippen molar-refractivity contribution in [1.29, 1.82) is 0 Å². The van der Waals surface area contributed by atoms with Crippen LogP contribution in [0.5, 0.6) is 5.75 Å². The first-order chi connectivity index (χ1) is 12.1. The minimum absolute atomic E-state index is 0.537. The zero-order chi connectivity index (χ0) is 17.8. The van der Waals surface area contributed by atoms with Gasteiger partial charge in [0.25, 0.3) is 0 Å². The van der Waals surface area contributed by atoms with Crippen LogP contribution in [0.25, 0.3) is 5.57 Å². The first-order valence-corrected chi connectivity index (χ1v) is 9.18. The van der Waals surface area contributed by atoms with E-state index in [1.54, 1.807) is 0 Å². The van der Waals surface area contributed by atoms with Gasteiger partial charge in [0.05, 0.1) is 6.26 Å². The minimum Gasteiger partial charge on any atom is -0.489 e. The second kappa shape index (κ2) is 7.92. The summed E-state index contributed by atoms with van der Waals surface area (Å²) in [7, 11) is 2.20. The van der Waals surface area contributed by atoms with E-state index in [9.17, 15) is 0 Å². The van der Waals surface area contributed by atoms with Crippen LogP contribution in [0.4, 0.5) is 0 Å². The molecule has 0 spiro atoms. The van der Waals surface area contributed by atoms with E-state index < -0.39 is 0 Å². The van der Waals surface area contributed by atoms with Crippen LogP contribution in [0.3, 0.4) is 0 Å². The van der Waals surface area contributed by atoms with Crippen molar-refractivity contribution in [2.45, 2.75) is 40.2 Å². The van der Waals surface area contributed by atoms with Crippen LogP contribution < -0.4 is 4.74 Å². The van der Waals surface area contributed by atoms with Crippen LogP contribution in [0.1, 0.15) is 42.2 Å². The van der Waals surface area contributed by atoms with E-state index in [-0.39, 0.29) is 0 Å². The lowest BCUT2D eigenvalue weighted by Gasteiger charge is -2.17. The third-order valence-electron chi connectivity index (χ3n) is 4.97. The summed E-state index contributed by atoms with van der Waals surface area (Å²) in [5, 5.41) is 0. The fourth-order valence-corrected chi connectivity index (χ4v) is 3.18. The van der Waals surface area contributed by atoms with Gasteiger partial charge in [-0.2, -0.15) is 0 Å². The van der Waals surface area contributed by atoms with Gasteiger partial charge in [0.1, 0.15) is 18.1 Å². The Balaban J connectivity index is 1.65. The van der Waals surface area contributed by atoms with Gasteiger partial charge < -0.3 is 14.1 Å². The lowest BCUT2D eigenvalue weighted by Crippen LogP contribution is -2.23. The smallest absolute Gasteiger partial charge is 0.134 e. The Labute approximate surface area is 151 Å². The second-order valence-corrected chi connectivity index (χ2v) is 7.22. The van der Waals surface area contributed by atoms with Crippen molar-refractivity contribution in [1.82, 2.24) is 4.90 Å². The molecule has 0 amide bonds. The number of likely N-dealkylation sites (N-methyl/N-ethyl adjacent to an activating group) is 1. The van der Waals surface area contributed by atoms with E-state index in [0.29, 0.717) is 6.61 Å². The predicted octanol–water partition coefficient (Wildman–Crippen LogP) is 5.22. The van der Waals surface area contributed by atoms with E-state index in [2.05, 4.69) is 44.9 Å². The average molecular weight is 339 g/mol. The third kappa shape index (κ3) is 4.55. The molecule has 25 heavy (non-hydrogen) atoms. The highest BCUT2D eigenvalue weighted by Crippen LogP contribution is 2.31. The van der Waals surface area contributed by atoms with Crippen LogP contribution in [0.15, 0.2) is 41.0 Å². The van der Waals surface area contributed by atoms with Crippen LogP contribution in [-0.2, 0) is 6.61 Å². The Morgan fingerprint density at radius 1 is 1.28 bits per heavy atom. The van der Waals surface area contributed by atoms with Gasteiger partial charge in [-0.25, -0.2) is 0 Å². The second-order valence-electron chi connectivity index (χ2n) is 7.22. The molecule has 2 aromatic rings. The highest BCUT2D eigenvalue weighted by molar-refractivity contribution is 5.66. The van der Waals surface area contributed by atoms with Gasteiger partial charge in [-0.05, 0) is 58.2 Å². The molecule has 1 aliphatic rings. The zero-order valence-electron chi connectivity index (χ0n) is 15.8. The Kier molecular flexibility index (Phi) is 5.64. The molecule has 134 valence electrons. The van der Waals surface area contributed by atoms with Crippen LogP contribution in [-0.4, -0.2) is 25.0 Å². The van der Waals surface area contributed by atoms with Gasteiger partial charge in [0, 0.05) is 29.8 Å². The molecule has 3 rings (SSSR count). The van der Waals surface area contributed by atoms with E-state index in [0.717, 1.165) is 35.1 Å². The number of allylic oxidation sites excluding steroid dienone is 1. The number of rotatable bonds is 8. The summed E-state index contributed by atoms with van der Waals surface area (Å²) in [4.78, 5) is 2.40. The van der Waals surface area contributed by atoms with E-state index in [1.807, 2.05) is 24.5 Å². The fraction of sp³-hybridized carbons (Fsp3) is 0.455. The molecule has 0 unspecified atom stereocenters. The van der Waals surface area contributed by atoms with Gasteiger partial charge in [0.2, 0.25) is 0 Å². The first-order valence-electron chi connectivity index (χ1n) is 9.18. The zero-order valence-corrected chi connectivity index (χ0v) is 15.8. The number of hydrogen-bond acceptors (Lipinski definition) is 3. The molecular weight excluding hydrogens is 310 g/mol. The molecular formula is C22H29NO2. The fourth-order valence-electron chi connectivity index (χ4n) is 3.18. The summed E-state index contributed by atoms with van der Waals surface area (Å²) in [5.74, 6) is 2.83. The van der Waals surface area contributed by atoms with Crippen molar-refractivity contribution >= 4 is 5.57 Å². The highest BCUT2D eigenvalue weighted by atomic mass is 16.5. The molecule has 1 saturated carbocycles. The Hall–Kier alpha value is -2.00. The first kappa shape index (κ1) is 17.8. The maximum absolute atomic E-state index is 5.98. The minimum atomic E-state index is 0.537. The standard InChI is InChI=1S/C22H29NO2/c1-5-19(13-23(4)12-18-10-11-18)22-17(3)20(15-25-22)14-24-21-9-7-6-8-16(21)2/h5-9,15,18H,10-14H2,1-4H3/b19-5-. The summed E-state index contributed by atoms with van der Waals surface area (Å²) in [5.41, 5.74) is 4.70. The van der Waals surface area contributed by atoms with Crippen molar-refractivity contribution in [2.75, 3.05) is 20.1 Å². The van der Waals surface area contributed by atoms with Crippen LogP contribution >= 0.6 is 0 Å². The molecule has 1 heterocycles. The summed E-state index contributed by atoms with van der Waals surface area (Å²) >= 11 is 0. The topological polar surface area (TPSA) is 25.6 Å². The number of hydrogen-bond donors (Lipinski definition) is 0. The predicted molar refractivity (Wildman–Crippen MR) is 103 cm³/mol. The van der Waals surface area contributed by atoms with Gasteiger partial charge in [-0.15, -0.1) is 0 Å². The molecule has 0 radical (unpaired) electrons. The van der Waals surface area contributed by atoms with Crippen molar-refractivity contribution in [3.05, 3.63) is 59.1 Å². The quantitative estimate of drug-likeness (QED) is 0.659. The van der Waals surface area contributed by atoms with Gasteiger partial charge >= 0.3 is 0 Å². The molecule has 0 atom stereocenters. The summed E-state index contributed by atoms with van der Waals surface area (Å²) in [6, 6.07) is 8.11. The molecule has 1 fully saturated rings. The third-order valence-corrected chi connectivity index (χ3v) is 4.97. The molecule has 1 aromatic carbocycles. The maximum atomic E-state index is 5.98. The van der Waals surface area contributed by atoms with E-state index >= 15 is 0 Å².